The van der Waals surface area contributed by atoms with E-state index < -0.39 is 0 Å². The number of nitro groups is 1. The molecule has 0 saturated heterocycles. The van der Waals surface area contributed by atoms with Gasteiger partial charge in [-0.2, -0.15) is 0 Å². The van der Waals surface area contributed by atoms with E-state index in [0.29, 0.717) is 6.54 Å². The molecule has 1 heterocycles. The Morgan fingerprint density at radius 1 is 1.05 bits per heavy atom. The molecule has 0 unspecified atom stereocenters. The third kappa shape index (κ3) is 2.65. The molecule has 0 saturated carbocycles. The van der Waals surface area contributed by atoms with Gasteiger partial charge >= 0.3 is 0 Å². The third-order valence-electron chi connectivity index (χ3n) is 3.75. The van der Waals surface area contributed by atoms with Crippen molar-refractivity contribution in [2.75, 3.05) is 0 Å². The molecule has 4 heteroatoms. The lowest BCUT2D eigenvalue weighted by molar-refractivity contribution is -0.384. The smallest absolute Gasteiger partial charge is 0.271 e. The van der Waals surface area contributed by atoms with Crippen molar-refractivity contribution in [1.82, 2.24) is 4.57 Å². The average Bonchev–Trinajstić information content (AvgIpc) is 2.90. The van der Waals surface area contributed by atoms with Crippen LogP contribution in [0.15, 0.2) is 54.7 Å². The Morgan fingerprint density at radius 3 is 2.43 bits per heavy atom. The third-order valence-corrected chi connectivity index (χ3v) is 3.75. The molecular formula is C17H16N2O2. The number of non-ortho nitro benzene ring substituents is 1. The fourth-order valence-corrected chi connectivity index (χ4v) is 2.50. The van der Waals surface area contributed by atoms with Gasteiger partial charge in [0, 0.05) is 30.3 Å². The lowest BCUT2D eigenvalue weighted by Crippen LogP contribution is -1.98. The fraction of sp³-hybridized carbons (Fsp3) is 0.176. The molecule has 106 valence electrons. The molecule has 2 aromatic carbocycles. The summed E-state index contributed by atoms with van der Waals surface area (Å²) in [7, 11) is 0. The Kier molecular flexibility index (Phi) is 3.44. The van der Waals surface area contributed by atoms with Crippen LogP contribution >= 0.6 is 0 Å². The van der Waals surface area contributed by atoms with Gasteiger partial charge in [-0.05, 0) is 29.7 Å². The Labute approximate surface area is 122 Å². The number of fused-ring (bicyclic) bond motifs is 1. The van der Waals surface area contributed by atoms with Crippen LogP contribution in [0.4, 0.5) is 5.69 Å². The van der Waals surface area contributed by atoms with E-state index >= 15 is 0 Å². The van der Waals surface area contributed by atoms with Crippen molar-refractivity contribution in [3.63, 3.8) is 0 Å². The highest BCUT2D eigenvalue weighted by Crippen LogP contribution is 2.22. The predicted molar refractivity (Wildman–Crippen MR) is 83.5 cm³/mol. The predicted octanol–water partition coefficient (Wildman–Crippen LogP) is 4.16. The van der Waals surface area contributed by atoms with Gasteiger partial charge in [0.1, 0.15) is 0 Å². The van der Waals surface area contributed by atoms with E-state index in [0.717, 1.165) is 17.3 Å². The van der Waals surface area contributed by atoms with Crippen LogP contribution in [-0.2, 0) is 13.0 Å². The molecular weight excluding hydrogens is 264 g/mol. The maximum absolute atomic E-state index is 10.9. The first-order valence-corrected chi connectivity index (χ1v) is 6.98. The number of aryl methyl sites for hydroxylation is 1. The van der Waals surface area contributed by atoms with E-state index in [4.69, 9.17) is 0 Å². The highest BCUT2D eigenvalue weighted by Gasteiger charge is 2.09. The molecule has 0 spiro atoms. The molecule has 0 radical (unpaired) electrons. The summed E-state index contributed by atoms with van der Waals surface area (Å²) in [5, 5.41) is 11.9. The maximum Gasteiger partial charge on any atom is 0.271 e. The number of nitro benzene ring substituents is 1. The molecule has 0 aliphatic rings. The first kappa shape index (κ1) is 13.4. The van der Waals surface area contributed by atoms with Gasteiger partial charge in [0.25, 0.3) is 5.69 Å². The first-order valence-electron chi connectivity index (χ1n) is 6.98. The summed E-state index contributed by atoms with van der Waals surface area (Å²) < 4.78 is 2.04. The van der Waals surface area contributed by atoms with E-state index in [1.807, 2.05) is 16.8 Å². The monoisotopic (exact) mass is 280 g/mol. The van der Waals surface area contributed by atoms with E-state index in [9.17, 15) is 10.1 Å². The van der Waals surface area contributed by atoms with Crippen molar-refractivity contribution in [2.45, 2.75) is 19.9 Å². The summed E-state index contributed by atoms with van der Waals surface area (Å²) in [6, 6.07) is 15.4. The van der Waals surface area contributed by atoms with Crippen LogP contribution in [0.3, 0.4) is 0 Å². The molecule has 0 amide bonds. The van der Waals surface area contributed by atoms with Crippen molar-refractivity contribution < 1.29 is 4.92 Å². The van der Waals surface area contributed by atoms with Crippen LogP contribution < -0.4 is 0 Å². The lowest BCUT2D eigenvalue weighted by atomic mass is 10.1. The minimum absolute atomic E-state index is 0.129. The van der Waals surface area contributed by atoms with Crippen molar-refractivity contribution in [2.24, 2.45) is 0 Å². The Bertz CT molecular complexity index is 788. The van der Waals surface area contributed by atoms with Gasteiger partial charge in [0.2, 0.25) is 0 Å². The van der Waals surface area contributed by atoms with Crippen molar-refractivity contribution in [3.05, 3.63) is 76.0 Å². The Hall–Kier alpha value is -2.62. The van der Waals surface area contributed by atoms with Crippen LogP contribution in [0.25, 0.3) is 10.9 Å². The zero-order chi connectivity index (χ0) is 14.8. The normalized spacial score (nSPS) is 10.9. The number of nitrogens with zero attached hydrogens (tertiary/aromatic N) is 2. The van der Waals surface area contributed by atoms with Gasteiger partial charge in [-0.15, -0.1) is 0 Å². The van der Waals surface area contributed by atoms with Crippen molar-refractivity contribution >= 4 is 16.6 Å². The summed E-state index contributed by atoms with van der Waals surface area (Å²) in [5.74, 6) is 0. The second-order valence-corrected chi connectivity index (χ2v) is 5.11. The molecule has 21 heavy (non-hydrogen) atoms. The number of rotatable bonds is 4. The first-order chi connectivity index (χ1) is 10.2. The zero-order valence-corrected chi connectivity index (χ0v) is 11.8. The van der Waals surface area contributed by atoms with Gasteiger partial charge in [-0.3, -0.25) is 10.1 Å². The summed E-state index contributed by atoms with van der Waals surface area (Å²) in [6.45, 7) is 2.85. The van der Waals surface area contributed by atoms with Gasteiger partial charge in [-0.1, -0.05) is 31.2 Å². The number of aromatic nitrogens is 1. The molecule has 0 aliphatic heterocycles. The van der Waals surface area contributed by atoms with Crippen molar-refractivity contribution in [3.8, 4) is 0 Å². The maximum atomic E-state index is 10.9. The standard InChI is InChI=1S/C17H16N2O2/c1-2-13-3-5-14(6-4-13)12-18-10-9-15-7-8-16(19(20)21)11-17(15)18/h3-11H,2,12H2,1H3. The van der Waals surface area contributed by atoms with E-state index in [1.54, 1.807) is 18.2 Å². The largest absolute Gasteiger partial charge is 0.343 e. The molecule has 3 rings (SSSR count). The summed E-state index contributed by atoms with van der Waals surface area (Å²) in [4.78, 5) is 10.5. The lowest BCUT2D eigenvalue weighted by Gasteiger charge is -2.06. The molecule has 3 aromatic rings. The highest BCUT2D eigenvalue weighted by atomic mass is 16.6. The molecule has 0 N–H and O–H groups in total. The van der Waals surface area contributed by atoms with E-state index in [-0.39, 0.29) is 10.6 Å². The molecule has 0 bridgehead atoms. The molecule has 0 fully saturated rings. The van der Waals surface area contributed by atoms with Crippen LogP contribution in [0.2, 0.25) is 0 Å². The molecule has 1 aromatic heterocycles. The van der Waals surface area contributed by atoms with Gasteiger partial charge < -0.3 is 4.57 Å². The number of benzene rings is 2. The second kappa shape index (κ2) is 5.40. The highest BCUT2D eigenvalue weighted by molar-refractivity contribution is 5.82. The number of hydrogen-bond donors (Lipinski definition) is 0. The Balaban J connectivity index is 1.95. The molecule has 0 aliphatic carbocycles. The average molecular weight is 280 g/mol. The number of hydrogen-bond acceptors (Lipinski definition) is 2. The second-order valence-electron chi connectivity index (χ2n) is 5.11. The minimum Gasteiger partial charge on any atom is -0.343 e. The van der Waals surface area contributed by atoms with Crippen LogP contribution in [-0.4, -0.2) is 9.49 Å². The molecule has 4 nitrogen and oxygen atoms in total. The topological polar surface area (TPSA) is 48.1 Å². The van der Waals surface area contributed by atoms with Crippen molar-refractivity contribution in [1.29, 1.82) is 0 Å². The summed E-state index contributed by atoms with van der Waals surface area (Å²) in [5.41, 5.74) is 3.52. The zero-order valence-electron chi connectivity index (χ0n) is 11.8. The summed E-state index contributed by atoms with van der Waals surface area (Å²) in [6.07, 6.45) is 3.00. The van der Waals surface area contributed by atoms with Crippen LogP contribution in [0.1, 0.15) is 18.1 Å². The van der Waals surface area contributed by atoms with Crippen LogP contribution in [0, 0.1) is 10.1 Å². The Morgan fingerprint density at radius 2 is 1.76 bits per heavy atom. The van der Waals surface area contributed by atoms with Gasteiger partial charge in [0.05, 0.1) is 10.4 Å². The fourth-order valence-electron chi connectivity index (χ4n) is 2.50. The van der Waals surface area contributed by atoms with E-state index in [1.165, 1.54) is 11.1 Å². The van der Waals surface area contributed by atoms with E-state index in [2.05, 4.69) is 31.2 Å². The van der Waals surface area contributed by atoms with Crippen LogP contribution in [0.5, 0.6) is 0 Å². The van der Waals surface area contributed by atoms with Gasteiger partial charge in [0.15, 0.2) is 0 Å². The molecule has 0 atom stereocenters. The summed E-state index contributed by atoms with van der Waals surface area (Å²) >= 11 is 0. The van der Waals surface area contributed by atoms with Gasteiger partial charge in [-0.25, -0.2) is 0 Å². The quantitative estimate of drug-likeness (QED) is 0.532. The SMILES string of the molecule is CCc1ccc(Cn2ccc3ccc([N+](=O)[O-])cc32)cc1. The minimum atomic E-state index is -0.354.